The molecule has 1 heterocycles. The Labute approximate surface area is 187 Å². The zero-order chi connectivity index (χ0) is 21.3. The summed E-state index contributed by atoms with van der Waals surface area (Å²) >= 11 is 9.35. The molecule has 0 atom stereocenters. The maximum Gasteiger partial charge on any atom is 0.267 e. The first-order chi connectivity index (χ1) is 14.3. The number of nitrogens with zero attached hydrogens (tertiary/aromatic N) is 1. The highest BCUT2D eigenvalue weighted by Crippen LogP contribution is 2.28. The van der Waals surface area contributed by atoms with Crippen molar-refractivity contribution in [2.75, 3.05) is 5.32 Å². The molecule has 5 nitrogen and oxygen atoms in total. The largest absolute Gasteiger partial charge is 0.478 e. The van der Waals surface area contributed by atoms with Crippen molar-refractivity contribution in [1.29, 1.82) is 0 Å². The molecule has 0 aliphatic carbocycles. The molecule has 30 heavy (non-hydrogen) atoms. The molecule has 0 fully saturated rings. The van der Waals surface area contributed by atoms with Gasteiger partial charge in [-0.1, -0.05) is 33.6 Å². The number of carbonyl (C=O) groups is 1. The summed E-state index contributed by atoms with van der Waals surface area (Å²) in [4.78, 5) is 17.3. The third-order valence-corrected chi connectivity index (χ3v) is 5.20. The maximum atomic E-state index is 12.8. The van der Waals surface area contributed by atoms with Crippen LogP contribution in [0.2, 0.25) is 5.02 Å². The summed E-state index contributed by atoms with van der Waals surface area (Å²) in [6.45, 7) is 3.41. The predicted octanol–water partition coefficient (Wildman–Crippen LogP) is 6.71. The summed E-state index contributed by atoms with van der Waals surface area (Å²) in [6.07, 6.45) is 0. The third kappa shape index (κ3) is 4.50. The van der Waals surface area contributed by atoms with Crippen LogP contribution in [-0.2, 0) is 4.79 Å². The van der Waals surface area contributed by atoms with Crippen molar-refractivity contribution in [2.24, 2.45) is 0 Å². The van der Waals surface area contributed by atoms with Crippen molar-refractivity contribution in [3.05, 3.63) is 76.2 Å². The number of hydrogen-bond donors (Lipinski definition) is 1. The number of ether oxygens (including phenoxy) is 1. The Morgan fingerprint density at radius 2 is 1.87 bits per heavy atom. The number of anilines is 1. The first-order valence-electron chi connectivity index (χ1n) is 9.23. The van der Waals surface area contributed by atoms with Gasteiger partial charge in [-0.15, -0.1) is 0 Å². The molecule has 0 aliphatic heterocycles. The Morgan fingerprint density at radius 3 is 2.60 bits per heavy atom. The highest BCUT2D eigenvalue weighted by atomic mass is 79.9. The molecule has 0 bridgehead atoms. The molecule has 0 radical (unpaired) electrons. The number of aromatic nitrogens is 1. The number of nitrogens with one attached hydrogen (secondary N) is 1. The van der Waals surface area contributed by atoms with Gasteiger partial charge >= 0.3 is 0 Å². The van der Waals surface area contributed by atoms with Crippen LogP contribution in [0, 0.1) is 0 Å². The van der Waals surface area contributed by atoms with E-state index in [4.69, 9.17) is 20.8 Å². The van der Waals surface area contributed by atoms with E-state index >= 15 is 0 Å². The van der Waals surface area contributed by atoms with Gasteiger partial charge in [-0.2, -0.15) is 0 Å². The second kappa shape index (κ2) is 8.13. The van der Waals surface area contributed by atoms with Crippen LogP contribution in [-0.4, -0.2) is 16.5 Å². The van der Waals surface area contributed by atoms with Crippen molar-refractivity contribution in [2.45, 2.75) is 19.4 Å². The SMILES string of the molecule is CC(C)(Oc1ccc(Cl)cc1)C(=O)Nc1ccc2oc(-c3cccc(Br)c3)nc2c1. The molecular formula is C23H18BrClN2O3. The van der Waals surface area contributed by atoms with Crippen LogP contribution in [0.15, 0.2) is 75.6 Å². The smallest absolute Gasteiger partial charge is 0.267 e. The number of fused-ring (bicyclic) bond motifs is 1. The molecule has 1 N–H and O–H groups in total. The zero-order valence-corrected chi connectivity index (χ0v) is 18.6. The molecule has 4 aromatic rings. The minimum Gasteiger partial charge on any atom is -0.478 e. The van der Waals surface area contributed by atoms with Crippen molar-refractivity contribution >= 4 is 50.2 Å². The molecule has 0 saturated heterocycles. The van der Waals surface area contributed by atoms with Gasteiger partial charge < -0.3 is 14.5 Å². The number of benzene rings is 3. The monoisotopic (exact) mass is 484 g/mol. The van der Waals surface area contributed by atoms with E-state index in [0.717, 1.165) is 10.0 Å². The van der Waals surface area contributed by atoms with Crippen LogP contribution in [0.25, 0.3) is 22.6 Å². The minimum absolute atomic E-state index is 0.285. The van der Waals surface area contributed by atoms with Gasteiger partial charge in [0.1, 0.15) is 11.3 Å². The average Bonchev–Trinajstić information content (AvgIpc) is 3.13. The summed E-state index contributed by atoms with van der Waals surface area (Å²) in [7, 11) is 0. The Kier molecular flexibility index (Phi) is 5.54. The molecule has 4 rings (SSSR count). The van der Waals surface area contributed by atoms with Crippen molar-refractivity contribution in [3.8, 4) is 17.2 Å². The van der Waals surface area contributed by atoms with Gasteiger partial charge in [-0.3, -0.25) is 4.79 Å². The number of halogens is 2. The zero-order valence-electron chi connectivity index (χ0n) is 16.3. The second-order valence-electron chi connectivity index (χ2n) is 7.23. The van der Waals surface area contributed by atoms with Crippen molar-refractivity contribution in [1.82, 2.24) is 4.98 Å². The van der Waals surface area contributed by atoms with Gasteiger partial charge in [0, 0.05) is 20.7 Å². The number of oxazole rings is 1. The Hall–Kier alpha value is -2.83. The summed E-state index contributed by atoms with van der Waals surface area (Å²) < 4.78 is 12.6. The molecule has 3 aromatic carbocycles. The molecule has 0 spiro atoms. The van der Waals surface area contributed by atoms with Crippen LogP contribution in [0.4, 0.5) is 5.69 Å². The van der Waals surface area contributed by atoms with Crippen LogP contribution in [0.5, 0.6) is 5.75 Å². The lowest BCUT2D eigenvalue weighted by molar-refractivity contribution is -0.128. The van der Waals surface area contributed by atoms with E-state index in [9.17, 15) is 4.79 Å². The standard InChI is InChI=1S/C23H18BrClN2O3/c1-23(2,30-18-9-6-16(25)7-10-18)22(28)26-17-8-11-20-19(13-17)27-21(29-20)14-4-3-5-15(24)12-14/h3-13H,1-2H3,(H,26,28). The molecule has 1 amide bonds. The fourth-order valence-corrected chi connectivity index (χ4v) is 3.40. The predicted molar refractivity (Wildman–Crippen MR) is 122 cm³/mol. The van der Waals surface area contributed by atoms with E-state index in [1.165, 1.54) is 0 Å². The topological polar surface area (TPSA) is 64.4 Å². The van der Waals surface area contributed by atoms with Crippen LogP contribution in [0.3, 0.4) is 0 Å². The summed E-state index contributed by atoms with van der Waals surface area (Å²) in [5.74, 6) is 0.791. The maximum absolute atomic E-state index is 12.8. The molecule has 152 valence electrons. The summed E-state index contributed by atoms with van der Waals surface area (Å²) in [6, 6.07) is 19.9. The van der Waals surface area contributed by atoms with E-state index in [2.05, 4.69) is 26.2 Å². The van der Waals surface area contributed by atoms with Gasteiger partial charge in [0.25, 0.3) is 5.91 Å². The van der Waals surface area contributed by atoms with E-state index in [1.54, 1.807) is 56.3 Å². The molecule has 0 saturated carbocycles. The number of carbonyl (C=O) groups excluding carboxylic acids is 1. The summed E-state index contributed by atoms with van der Waals surface area (Å²) in [5, 5.41) is 3.49. The van der Waals surface area contributed by atoms with E-state index in [0.29, 0.717) is 33.4 Å². The fourth-order valence-electron chi connectivity index (χ4n) is 2.88. The highest BCUT2D eigenvalue weighted by molar-refractivity contribution is 9.10. The van der Waals surface area contributed by atoms with Gasteiger partial charge in [-0.25, -0.2) is 4.98 Å². The second-order valence-corrected chi connectivity index (χ2v) is 8.58. The van der Waals surface area contributed by atoms with E-state index < -0.39 is 5.60 Å². The number of amides is 1. The minimum atomic E-state index is -1.09. The van der Waals surface area contributed by atoms with Gasteiger partial charge in [0.05, 0.1) is 0 Å². The lowest BCUT2D eigenvalue weighted by Gasteiger charge is -2.25. The van der Waals surface area contributed by atoms with Crippen molar-refractivity contribution < 1.29 is 13.9 Å². The molecule has 0 aliphatic rings. The van der Waals surface area contributed by atoms with E-state index in [-0.39, 0.29) is 5.91 Å². The lowest BCUT2D eigenvalue weighted by Crippen LogP contribution is -2.42. The van der Waals surface area contributed by atoms with Gasteiger partial charge in [0.2, 0.25) is 5.89 Å². The molecule has 1 aromatic heterocycles. The Morgan fingerprint density at radius 1 is 1.10 bits per heavy atom. The third-order valence-electron chi connectivity index (χ3n) is 4.45. The lowest BCUT2D eigenvalue weighted by atomic mass is 10.1. The van der Waals surface area contributed by atoms with E-state index in [1.807, 2.05) is 24.3 Å². The first-order valence-corrected chi connectivity index (χ1v) is 10.4. The average molecular weight is 486 g/mol. The fraction of sp³-hybridized carbons (Fsp3) is 0.130. The van der Waals surface area contributed by atoms with Crippen LogP contribution >= 0.6 is 27.5 Å². The molecular weight excluding hydrogens is 468 g/mol. The Balaban J connectivity index is 1.52. The normalized spacial score (nSPS) is 11.5. The van der Waals surface area contributed by atoms with Gasteiger partial charge in [0.15, 0.2) is 11.2 Å². The Bertz CT molecular complexity index is 1220. The molecule has 7 heteroatoms. The molecule has 0 unspecified atom stereocenters. The number of hydrogen-bond acceptors (Lipinski definition) is 4. The van der Waals surface area contributed by atoms with Crippen LogP contribution in [0.1, 0.15) is 13.8 Å². The number of rotatable bonds is 5. The van der Waals surface area contributed by atoms with Gasteiger partial charge in [-0.05, 0) is 74.5 Å². The first kappa shape index (κ1) is 20.4. The summed E-state index contributed by atoms with van der Waals surface area (Å²) in [5.41, 5.74) is 1.67. The highest BCUT2D eigenvalue weighted by Gasteiger charge is 2.30. The van der Waals surface area contributed by atoms with Crippen molar-refractivity contribution in [3.63, 3.8) is 0 Å². The van der Waals surface area contributed by atoms with Crippen LogP contribution < -0.4 is 10.1 Å². The quantitative estimate of drug-likeness (QED) is 0.341.